The molecule has 1 aliphatic rings. The van der Waals surface area contributed by atoms with Gasteiger partial charge in [0.05, 0.1) is 6.54 Å². The van der Waals surface area contributed by atoms with Gasteiger partial charge in [0.15, 0.2) is 5.96 Å². The van der Waals surface area contributed by atoms with Crippen LogP contribution in [0.4, 0.5) is 0 Å². The number of hydrogen-bond acceptors (Lipinski definition) is 2. The van der Waals surface area contributed by atoms with Gasteiger partial charge in [-0.25, -0.2) is 4.99 Å². The fraction of sp³-hybridized carbons (Fsp3) is 0.600. The molecule has 146 valence electrons. The summed E-state index contributed by atoms with van der Waals surface area (Å²) >= 11 is 0. The van der Waals surface area contributed by atoms with Gasteiger partial charge in [-0.3, -0.25) is 4.79 Å². The van der Waals surface area contributed by atoms with Crippen molar-refractivity contribution in [2.24, 2.45) is 4.99 Å². The molecule has 1 heterocycles. The lowest BCUT2D eigenvalue weighted by atomic mass is 10.1. The topological polar surface area (TPSA) is 56.7 Å². The fourth-order valence-corrected chi connectivity index (χ4v) is 3.32. The third-order valence-corrected chi connectivity index (χ3v) is 4.64. The van der Waals surface area contributed by atoms with Crippen molar-refractivity contribution < 1.29 is 4.79 Å². The van der Waals surface area contributed by atoms with Gasteiger partial charge in [-0.15, -0.1) is 24.0 Å². The number of nitrogens with one attached hydrogen (secondary N) is 2. The molecule has 1 unspecified atom stereocenters. The van der Waals surface area contributed by atoms with Gasteiger partial charge in [0, 0.05) is 32.1 Å². The third kappa shape index (κ3) is 7.13. The number of amides is 1. The zero-order valence-corrected chi connectivity index (χ0v) is 18.6. The lowest BCUT2D eigenvalue weighted by molar-refractivity contribution is -0.129. The van der Waals surface area contributed by atoms with Crippen molar-refractivity contribution in [2.75, 3.05) is 19.6 Å². The summed E-state index contributed by atoms with van der Waals surface area (Å²) < 4.78 is 0. The number of halogens is 1. The molecule has 1 aromatic rings. The van der Waals surface area contributed by atoms with E-state index >= 15 is 0 Å². The monoisotopic (exact) mass is 472 g/mol. The SMILES string of the molecule is CCNC(=NCc1cccc(C)c1)NCCC(CC)N1CCCC1=O.I. The summed E-state index contributed by atoms with van der Waals surface area (Å²) in [4.78, 5) is 18.7. The van der Waals surface area contributed by atoms with Crippen molar-refractivity contribution in [3.05, 3.63) is 35.4 Å². The van der Waals surface area contributed by atoms with Crippen molar-refractivity contribution in [1.82, 2.24) is 15.5 Å². The number of carbonyl (C=O) groups excluding carboxylic acids is 1. The minimum atomic E-state index is 0. The van der Waals surface area contributed by atoms with E-state index in [1.807, 2.05) is 0 Å². The average molecular weight is 472 g/mol. The molecule has 1 atom stereocenters. The maximum Gasteiger partial charge on any atom is 0.222 e. The summed E-state index contributed by atoms with van der Waals surface area (Å²) in [6.07, 6.45) is 3.68. The summed E-state index contributed by atoms with van der Waals surface area (Å²) in [6, 6.07) is 8.77. The zero-order valence-electron chi connectivity index (χ0n) is 16.3. The van der Waals surface area contributed by atoms with Crippen LogP contribution in [-0.4, -0.2) is 42.4 Å². The molecular weight excluding hydrogens is 439 g/mol. The smallest absolute Gasteiger partial charge is 0.222 e. The predicted octanol–water partition coefficient (Wildman–Crippen LogP) is 3.46. The molecule has 2 rings (SSSR count). The highest BCUT2D eigenvalue weighted by atomic mass is 127. The molecule has 2 N–H and O–H groups in total. The summed E-state index contributed by atoms with van der Waals surface area (Å²) in [5.74, 6) is 1.15. The minimum Gasteiger partial charge on any atom is -0.357 e. The number of rotatable bonds is 8. The average Bonchev–Trinajstić information content (AvgIpc) is 3.02. The molecule has 0 radical (unpaired) electrons. The number of hydrogen-bond donors (Lipinski definition) is 2. The van der Waals surface area contributed by atoms with E-state index < -0.39 is 0 Å². The number of guanidine groups is 1. The molecule has 5 nitrogen and oxygen atoms in total. The van der Waals surface area contributed by atoms with Crippen LogP contribution in [0, 0.1) is 6.92 Å². The Morgan fingerprint density at radius 3 is 2.73 bits per heavy atom. The molecule has 1 aliphatic heterocycles. The largest absolute Gasteiger partial charge is 0.357 e. The third-order valence-electron chi connectivity index (χ3n) is 4.64. The van der Waals surface area contributed by atoms with Crippen LogP contribution in [0.1, 0.15) is 50.7 Å². The van der Waals surface area contributed by atoms with E-state index in [2.05, 4.69) is 65.6 Å². The summed E-state index contributed by atoms with van der Waals surface area (Å²) in [6.45, 7) is 9.57. The van der Waals surface area contributed by atoms with Crippen molar-refractivity contribution in [1.29, 1.82) is 0 Å². The number of likely N-dealkylation sites (tertiary alicyclic amines) is 1. The molecule has 0 bridgehead atoms. The Morgan fingerprint density at radius 1 is 1.31 bits per heavy atom. The maximum atomic E-state index is 11.9. The Labute approximate surface area is 175 Å². The number of aliphatic imine (C=N–C) groups is 1. The van der Waals surface area contributed by atoms with Gasteiger partial charge >= 0.3 is 0 Å². The van der Waals surface area contributed by atoms with Crippen LogP contribution < -0.4 is 10.6 Å². The van der Waals surface area contributed by atoms with Crippen LogP contribution in [0.25, 0.3) is 0 Å². The molecule has 0 aromatic heterocycles. The predicted molar refractivity (Wildman–Crippen MR) is 119 cm³/mol. The summed E-state index contributed by atoms with van der Waals surface area (Å²) in [5.41, 5.74) is 2.47. The standard InChI is InChI=1S/C20H32N4O.HI/c1-4-18(24-13-7-10-19(24)25)11-12-22-20(21-5-2)23-15-17-9-6-8-16(3)14-17;/h6,8-9,14,18H,4-5,7,10-13,15H2,1-3H3,(H2,21,22,23);1H. The van der Waals surface area contributed by atoms with Crippen molar-refractivity contribution in [2.45, 2.75) is 59.0 Å². The second kappa shape index (κ2) is 12.1. The normalized spacial score (nSPS) is 15.6. The first-order valence-electron chi connectivity index (χ1n) is 9.51. The van der Waals surface area contributed by atoms with Gasteiger partial charge < -0.3 is 15.5 Å². The Hall–Kier alpha value is -1.31. The van der Waals surface area contributed by atoms with Crippen LogP contribution in [0.15, 0.2) is 29.3 Å². The van der Waals surface area contributed by atoms with E-state index in [1.54, 1.807) is 0 Å². The van der Waals surface area contributed by atoms with E-state index in [-0.39, 0.29) is 24.0 Å². The second-order valence-electron chi connectivity index (χ2n) is 6.65. The number of benzene rings is 1. The number of aryl methyl sites for hydroxylation is 1. The van der Waals surface area contributed by atoms with Gasteiger partial charge in [0.1, 0.15) is 0 Å². The van der Waals surface area contributed by atoms with Gasteiger partial charge in [-0.2, -0.15) is 0 Å². The Morgan fingerprint density at radius 2 is 2.12 bits per heavy atom. The Kier molecular flexibility index (Phi) is 10.6. The molecule has 0 spiro atoms. The number of nitrogens with zero attached hydrogens (tertiary/aromatic N) is 2. The maximum absolute atomic E-state index is 11.9. The molecule has 1 amide bonds. The minimum absolute atomic E-state index is 0. The molecule has 26 heavy (non-hydrogen) atoms. The van der Waals surface area contributed by atoms with Gasteiger partial charge in [-0.05, 0) is 38.7 Å². The Balaban J connectivity index is 0.00000338. The lowest BCUT2D eigenvalue weighted by Crippen LogP contribution is -2.42. The molecule has 0 aliphatic carbocycles. The van der Waals surface area contributed by atoms with Crippen LogP contribution in [0.5, 0.6) is 0 Å². The molecular formula is C20H33IN4O. The zero-order chi connectivity index (χ0) is 18.1. The number of carbonyl (C=O) groups is 1. The van der Waals surface area contributed by atoms with Crippen LogP contribution >= 0.6 is 24.0 Å². The first kappa shape index (κ1) is 22.7. The molecule has 1 saturated heterocycles. The molecule has 1 aromatic carbocycles. The molecule has 6 heteroatoms. The van der Waals surface area contributed by atoms with Crippen LogP contribution in [0.2, 0.25) is 0 Å². The van der Waals surface area contributed by atoms with Crippen molar-refractivity contribution in [3.63, 3.8) is 0 Å². The lowest BCUT2D eigenvalue weighted by Gasteiger charge is -2.27. The highest BCUT2D eigenvalue weighted by Gasteiger charge is 2.26. The van der Waals surface area contributed by atoms with E-state index in [0.29, 0.717) is 24.9 Å². The van der Waals surface area contributed by atoms with E-state index in [0.717, 1.165) is 44.9 Å². The van der Waals surface area contributed by atoms with Gasteiger partial charge in [-0.1, -0.05) is 36.8 Å². The van der Waals surface area contributed by atoms with Crippen molar-refractivity contribution >= 4 is 35.8 Å². The Bertz CT molecular complexity index is 591. The fourth-order valence-electron chi connectivity index (χ4n) is 3.32. The second-order valence-corrected chi connectivity index (χ2v) is 6.65. The van der Waals surface area contributed by atoms with Crippen molar-refractivity contribution in [3.8, 4) is 0 Å². The first-order chi connectivity index (χ1) is 12.1. The molecule has 1 fully saturated rings. The van der Waals surface area contributed by atoms with Gasteiger partial charge in [0.2, 0.25) is 5.91 Å². The van der Waals surface area contributed by atoms with Gasteiger partial charge in [0.25, 0.3) is 0 Å². The van der Waals surface area contributed by atoms with Crippen LogP contribution in [0.3, 0.4) is 0 Å². The highest BCUT2D eigenvalue weighted by molar-refractivity contribution is 14.0. The van der Waals surface area contributed by atoms with Crippen LogP contribution in [-0.2, 0) is 11.3 Å². The quantitative estimate of drug-likeness (QED) is 0.346. The van der Waals surface area contributed by atoms with E-state index in [1.165, 1.54) is 11.1 Å². The summed E-state index contributed by atoms with van der Waals surface area (Å²) in [7, 11) is 0. The first-order valence-corrected chi connectivity index (χ1v) is 9.51. The highest BCUT2D eigenvalue weighted by Crippen LogP contribution is 2.17. The van der Waals surface area contributed by atoms with E-state index in [9.17, 15) is 4.79 Å². The molecule has 0 saturated carbocycles. The summed E-state index contributed by atoms with van der Waals surface area (Å²) in [5, 5.41) is 6.71. The van der Waals surface area contributed by atoms with E-state index in [4.69, 9.17) is 0 Å².